The van der Waals surface area contributed by atoms with Crippen molar-refractivity contribution in [3.05, 3.63) is 0 Å². The third kappa shape index (κ3) is 8.14. The Morgan fingerprint density at radius 2 is 2.08 bits per heavy atom. The predicted octanol–water partition coefficient (Wildman–Crippen LogP) is 2.18. The van der Waals surface area contributed by atoms with Crippen molar-refractivity contribution in [2.24, 2.45) is 5.92 Å². The van der Waals surface area contributed by atoms with E-state index in [0.717, 1.165) is 18.8 Å². The minimum absolute atomic E-state index is 0.148. The van der Waals surface area contributed by atoms with Crippen LogP contribution in [-0.4, -0.2) is 30.8 Å². The lowest BCUT2D eigenvalue weighted by atomic mass is 10.2. The monoisotopic (exact) mass is 200 g/mol. The van der Waals surface area contributed by atoms with Crippen LogP contribution in [0.2, 0.25) is 0 Å². The van der Waals surface area contributed by atoms with Gasteiger partial charge in [-0.25, -0.2) is 0 Å². The molecule has 76 valence electrons. The van der Waals surface area contributed by atoms with Crippen molar-refractivity contribution in [1.29, 1.82) is 5.26 Å². The summed E-state index contributed by atoms with van der Waals surface area (Å²) in [4.78, 5) is 2.23. The molecule has 0 fully saturated rings. The van der Waals surface area contributed by atoms with E-state index in [1.807, 2.05) is 6.92 Å². The molecule has 0 aliphatic rings. The molecule has 0 N–H and O–H groups in total. The molecule has 0 aromatic rings. The second-order valence-electron chi connectivity index (χ2n) is 3.58. The first kappa shape index (κ1) is 12.8. The highest BCUT2D eigenvalue weighted by molar-refractivity contribution is 7.80. The molecule has 1 atom stereocenters. The van der Waals surface area contributed by atoms with E-state index in [1.54, 1.807) is 0 Å². The van der Waals surface area contributed by atoms with E-state index in [9.17, 15) is 0 Å². The van der Waals surface area contributed by atoms with Gasteiger partial charge in [-0.15, -0.1) is 0 Å². The van der Waals surface area contributed by atoms with E-state index in [2.05, 4.69) is 30.6 Å². The van der Waals surface area contributed by atoms with Crippen LogP contribution < -0.4 is 0 Å². The zero-order valence-electron chi connectivity index (χ0n) is 8.66. The maximum absolute atomic E-state index is 8.61. The Balaban J connectivity index is 3.30. The van der Waals surface area contributed by atoms with Gasteiger partial charge in [-0.3, -0.25) is 0 Å². The fraction of sp³-hybridized carbons (Fsp3) is 0.900. The van der Waals surface area contributed by atoms with Crippen molar-refractivity contribution >= 4 is 12.6 Å². The summed E-state index contributed by atoms with van der Waals surface area (Å²) in [6, 6.07) is 2.24. The first-order chi connectivity index (χ1) is 6.20. The number of rotatable bonds is 7. The van der Waals surface area contributed by atoms with Gasteiger partial charge in [-0.1, -0.05) is 6.42 Å². The summed E-state index contributed by atoms with van der Waals surface area (Å²) >= 11 is 4.16. The molecule has 13 heavy (non-hydrogen) atoms. The minimum Gasteiger partial charge on any atom is -0.305 e. The molecule has 3 heteroatoms. The lowest BCUT2D eigenvalue weighted by Gasteiger charge is -2.17. The second-order valence-corrected chi connectivity index (χ2v) is 4.02. The number of nitrogens with zero attached hydrogens (tertiary/aromatic N) is 2. The van der Waals surface area contributed by atoms with E-state index < -0.39 is 0 Å². The highest BCUT2D eigenvalue weighted by Gasteiger charge is 2.03. The van der Waals surface area contributed by atoms with Crippen LogP contribution in [0.4, 0.5) is 0 Å². The highest BCUT2D eigenvalue weighted by atomic mass is 32.1. The van der Waals surface area contributed by atoms with Crippen molar-refractivity contribution in [3.63, 3.8) is 0 Å². The van der Waals surface area contributed by atoms with E-state index in [0.29, 0.717) is 0 Å². The first-order valence-electron chi connectivity index (χ1n) is 4.89. The molecule has 0 amide bonds. The largest absolute Gasteiger partial charge is 0.305 e. The maximum Gasteiger partial charge on any atom is 0.0666 e. The molecular formula is C10H20N2S. The zero-order valence-corrected chi connectivity index (χ0v) is 9.56. The van der Waals surface area contributed by atoms with Gasteiger partial charge in [-0.05, 0) is 39.1 Å². The van der Waals surface area contributed by atoms with E-state index in [-0.39, 0.29) is 5.92 Å². The zero-order chi connectivity index (χ0) is 10.1. The molecule has 0 saturated carbocycles. The maximum atomic E-state index is 8.61. The number of unbranched alkanes of at least 4 members (excludes halogenated alkanes) is 2. The van der Waals surface area contributed by atoms with Crippen LogP contribution in [-0.2, 0) is 0 Å². The average Bonchev–Trinajstić information content (AvgIpc) is 2.12. The Morgan fingerprint density at radius 1 is 1.38 bits per heavy atom. The van der Waals surface area contributed by atoms with Crippen molar-refractivity contribution in [2.75, 3.05) is 25.9 Å². The molecule has 0 aromatic carbocycles. The van der Waals surface area contributed by atoms with Crippen LogP contribution in [0.25, 0.3) is 0 Å². The molecule has 0 radical (unpaired) electrons. The third-order valence-electron chi connectivity index (χ3n) is 2.00. The van der Waals surface area contributed by atoms with Gasteiger partial charge in [0.25, 0.3) is 0 Å². The molecule has 0 heterocycles. The van der Waals surface area contributed by atoms with Crippen LogP contribution in [0.3, 0.4) is 0 Å². The molecule has 0 aromatic heterocycles. The summed E-state index contributed by atoms with van der Waals surface area (Å²) in [5.74, 6) is 1.13. The molecule has 0 aliphatic carbocycles. The summed E-state index contributed by atoms with van der Waals surface area (Å²) in [5.41, 5.74) is 0. The SMILES string of the molecule is CC(C#N)CN(C)CCCCCS. The number of nitriles is 1. The Kier molecular flexibility index (Phi) is 8.27. The van der Waals surface area contributed by atoms with Gasteiger partial charge < -0.3 is 4.90 Å². The average molecular weight is 200 g/mol. The normalized spacial score (nSPS) is 12.8. The first-order valence-corrected chi connectivity index (χ1v) is 5.53. The van der Waals surface area contributed by atoms with Gasteiger partial charge in [0.2, 0.25) is 0 Å². The Hall–Kier alpha value is -0.200. The summed E-state index contributed by atoms with van der Waals surface area (Å²) in [6.45, 7) is 3.95. The second kappa shape index (κ2) is 8.40. The van der Waals surface area contributed by atoms with Crippen molar-refractivity contribution in [2.45, 2.75) is 26.2 Å². The van der Waals surface area contributed by atoms with Crippen molar-refractivity contribution in [3.8, 4) is 6.07 Å². The van der Waals surface area contributed by atoms with Gasteiger partial charge in [0.05, 0.1) is 12.0 Å². The number of hydrogen-bond donors (Lipinski definition) is 1. The van der Waals surface area contributed by atoms with Crippen LogP contribution in [0.5, 0.6) is 0 Å². The number of thiol groups is 1. The quantitative estimate of drug-likeness (QED) is 0.504. The minimum atomic E-state index is 0.148. The van der Waals surface area contributed by atoms with Crippen LogP contribution in [0.1, 0.15) is 26.2 Å². The van der Waals surface area contributed by atoms with E-state index in [4.69, 9.17) is 5.26 Å². The molecule has 0 aliphatic heterocycles. The van der Waals surface area contributed by atoms with Crippen molar-refractivity contribution in [1.82, 2.24) is 4.90 Å². The molecule has 0 saturated heterocycles. The summed E-state index contributed by atoms with van der Waals surface area (Å²) in [5, 5.41) is 8.61. The van der Waals surface area contributed by atoms with Crippen molar-refractivity contribution < 1.29 is 0 Å². The molecule has 2 nitrogen and oxygen atoms in total. The Morgan fingerprint density at radius 3 is 2.62 bits per heavy atom. The lowest BCUT2D eigenvalue weighted by Crippen LogP contribution is -2.24. The molecule has 0 spiro atoms. The molecule has 1 unspecified atom stereocenters. The van der Waals surface area contributed by atoms with E-state index in [1.165, 1.54) is 19.3 Å². The number of hydrogen-bond acceptors (Lipinski definition) is 3. The smallest absolute Gasteiger partial charge is 0.0666 e. The fourth-order valence-corrected chi connectivity index (χ4v) is 1.49. The summed E-state index contributed by atoms with van der Waals surface area (Å²) in [7, 11) is 2.08. The van der Waals surface area contributed by atoms with E-state index >= 15 is 0 Å². The summed E-state index contributed by atoms with van der Waals surface area (Å²) < 4.78 is 0. The van der Waals surface area contributed by atoms with Gasteiger partial charge >= 0.3 is 0 Å². The van der Waals surface area contributed by atoms with Crippen LogP contribution in [0.15, 0.2) is 0 Å². The van der Waals surface area contributed by atoms with Gasteiger partial charge in [0.15, 0.2) is 0 Å². The summed E-state index contributed by atoms with van der Waals surface area (Å²) in [6.07, 6.45) is 3.66. The topological polar surface area (TPSA) is 27.0 Å². The molecule has 0 rings (SSSR count). The Labute approximate surface area is 87.3 Å². The standard InChI is InChI=1S/C10H20N2S/c1-10(8-11)9-12(2)6-4-3-5-7-13/h10,13H,3-7,9H2,1-2H3. The third-order valence-corrected chi connectivity index (χ3v) is 2.32. The van der Waals surface area contributed by atoms with Crippen LogP contribution >= 0.6 is 12.6 Å². The lowest BCUT2D eigenvalue weighted by molar-refractivity contribution is 0.303. The molecular weight excluding hydrogens is 180 g/mol. The highest BCUT2D eigenvalue weighted by Crippen LogP contribution is 2.01. The van der Waals surface area contributed by atoms with Crippen LogP contribution in [0, 0.1) is 17.2 Å². The Bertz CT molecular complexity index is 153. The van der Waals surface area contributed by atoms with Gasteiger partial charge in [0.1, 0.15) is 0 Å². The van der Waals surface area contributed by atoms with Gasteiger partial charge in [-0.2, -0.15) is 17.9 Å². The fourth-order valence-electron chi connectivity index (χ4n) is 1.27. The predicted molar refractivity (Wildman–Crippen MR) is 60.0 cm³/mol. The molecule has 0 bridgehead atoms. The van der Waals surface area contributed by atoms with Gasteiger partial charge in [0, 0.05) is 6.54 Å².